The van der Waals surface area contributed by atoms with Crippen molar-refractivity contribution in [2.24, 2.45) is 0 Å². The van der Waals surface area contributed by atoms with Crippen molar-refractivity contribution >= 4 is 12.0 Å². The van der Waals surface area contributed by atoms with E-state index in [2.05, 4.69) is 4.90 Å². The molecule has 25 heavy (non-hydrogen) atoms. The predicted molar refractivity (Wildman–Crippen MR) is 87.7 cm³/mol. The Balaban J connectivity index is 1.50. The second-order valence-corrected chi connectivity index (χ2v) is 6.17. The minimum Gasteiger partial charge on any atom is -0.496 e. The van der Waals surface area contributed by atoms with Crippen LogP contribution in [0.15, 0.2) is 18.2 Å². The van der Waals surface area contributed by atoms with Gasteiger partial charge in [0.2, 0.25) is 5.91 Å². The summed E-state index contributed by atoms with van der Waals surface area (Å²) in [5.74, 6) is 0.173. The summed E-state index contributed by atoms with van der Waals surface area (Å²) in [6.07, 6.45) is -0.554. The molecule has 0 N–H and O–H groups in total. The van der Waals surface area contributed by atoms with E-state index in [1.54, 1.807) is 13.2 Å². The average molecular weight is 351 g/mol. The first-order chi connectivity index (χ1) is 12.1. The van der Waals surface area contributed by atoms with Crippen LogP contribution >= 0.6 is 0 Å². The quantitative estimate of drug-likeness (QED) is 0.787. The molecule has 0 atom stereocenters. The van der Waals surface area contributed by atoms with Crippen LogP contribution in [-0.2, 0) is 16.1 Å². The van der Waals surface area contributed by atoms with Crippen molar-refractivity contribution < 1.29 is 23.5 Å². The first-order valence-electron chi connectivity index (χ1n) is 8.31. The summed E-state index contributed by atoms with van der Waals surface area (Å²) in [4.78, 5) is 28.9. The van der Waals surface area contributed by atoms with Gasteiger partial charge < -0.3 is 9.47 Å². The van der Waals surface area contributed by atoms with Gasteiger partial charge in [-0.15, -0.1) is 0 Å². The molecule has 0 saturated carbocycles. The maximum atomic E-state index is 13.5. The summed E-state index contributed by atoms with van der Waals surface area (Å²) >= 11 is 0. The van der Waals surface area contributed by atoms with Crippen LogP contribution in [0, 0.1) is 5.82 Å². The zero-order valence-electron chi connectivity index (χ0n) is 14.2. The lowest BCUT2D eigenvalue weighted by molar-refractivity contribution is -0.129. The van der Waals surface area contributed by atoms with Crippen LogP contribution in [-0.4, -0.2) is 79.7 Å². The third-order valence-electron chi connectivity index (χ3n) is 4.52. The number of carbonyl (C=O) groups excluding carboxylic acids is 2. The second-order valence-electron chi connectivity index (χ2n) is 6.17. The van der Waals surface area contributed by atoms with Gasteiger partial charge in [-0.05, 0) is 18.2 Å². The summed E-state index contributed by atoms with van der Waals surface area (Å²) < 4.78 is 23.5. The standard InChI is InChI=1S/C17H22FN3O4/c1-24-15-3-2-14(18)10-13(15)11-19-4-6-20(7-5-19)12-16(22)21-8-9-25-17(21)23/h2-3,10H,4-9,11-12H2,1H3. The summed E-state index contributed by atoms with van der Waals surface area (Å²) in [5, 5.41) is 0. The second kappa shape index (κ2) is 7.79. The highest BCUT2D eigenvalue weighted by Gasteiger charge is 2.30. The maximum absolute atomic E-state index is 13.5. The van der Waals surface area contributed by atoms with E-state index in [0.29, 0.717) is 31.9 Å². The Hall–Kier alpha value is -2.19. The number of carbonyl (C=O) groups is 2. The molecule has 1 aromatic rings. The van der Waals surface area contributed by atoms with E-state index in [1.165, 1.54) is 12.1 Å². The average Bonchev–Trinajstić information content (AvgIpc) is 3.03. The van der Waals surface area contributed by atoms with Gasteiger partial charge in [0.05, 0.1) is 20.2 Å². The number of ether oxygens (including phenoxy) is 2. The molecule has 136 valence electrons. The molecule has 0 bridgehead atoms. The number of amides is 2. The van der Waals surface area contributed by atoms with Gasteiger partial charge in [0.1, 0.15) is 18.2 Å². The highest BCUT2D eigenvalue weighted by molar-refractivity contribution is 5.94. The number of nitrogens with zero attached hydrogens (tertiary/aromatic N) is 3. The zero-order chi connectivity index (χ0) is 17.8. The molecule has 3 rings (SSSR count). The Kier molecular flexibility index (Phi) is 5.50. The molecule has 2 heterocycles. The third kappa shape index (κ3) is 4.26. The molecule has 1 aromatic carbocycles. The van der Waals surface area contributed by atoms with Gasteiger partial charge in [0.15, 0.2) is 0 Å². The van der Waals surface area contributed by atoms with E-state index in [-0.39, 0.29) is 24.9 Å². The molecule has 0 radical (unpaired) electrons. The molecule has 2 fully saturated rings. The fourth-order valence-electron chi connectivity index (χ4n) is 3.11. The van der Waals surface area contributed by atoms with Crippen LogP contribution in [0.25, 0.3) is 0 Å². The van der Waals surface area contributed by atoms with Gasteiger partial charge in [0.25, 0.3) is 0 Å². The number of cyclic esters (lactones) is 1. The fraction of sp³-hybridized carbons (Fsp3) is 0.529. The minimum absolute atomic E-state index is 0.215. The maximum Gasteiger partial charge on any atom is 0.416 e. The molecule has 0 aliphatic carbocycles. The van der Waals surface area contributed by atoms with E-state index in [4.69, 9.17) is 9.47 Å². The molecular weight excluding hydrogens is 329 g/mol. The van der Waals surface area contributed by atoms with E-state index in [1.807, 2.05) is 4.90 Å². The Bertz CT molecular complexity index is 647. The van der Waals surface area contributed by atoms with Gasteiger partial charge in [-0.25, -0.2) is 14.1 Å². The molecule has 7 nitrogen and oxygen atoms in total. The Morgan fingerprint density at radius 3 is 2.56 bits per heavy atom. The van der Waals surface area contributed by atoms with Gasteiger partial charge in [-0.3, -0.25) is 14.6 Å². The molecular formula is C17H22FN3O4. The molecule has 2 saturated heterocycles. The topological polar surface area (TPSA) is 62.3 Å². The van der Waals surface area contributed by atoms with Crippen molar-refractivity contribution in [3.05, 3.63) is 29.6 Å². The van der Waals surface area contributed by atoms with Crippen molar-refractivity contribution in [3.8, 4) is 5.75 Å². The van der Waals surface area contributed by atoms with E-state index in [9.17, 15) is 14.0 Å². The van der Waals surface area contributed by atoms with Crippen LogP contribution in [0.4, 0.5) is 9.18 Å². The number of methoxy groups -OCH3 is 1. The highest BCUT2D eigenvalue weighted by Crippen LogP contribution is 2.21. The lowest BCUT2D eigenvalue weighted by Gasteiger charge is -2.34. The number of imide groups is 1. The number of hydrogen-bond acceptors (Lipinski definition) is 6. The number of hydrogen-bond donors (Lipinski definition) is 0. The molecule has 2 amide bonds. The zero-order valence-corrected chi connectivity index (χ0v) is 14.2. The minimum atomic E-state index is -0.554. The first kappa shape index (κ1) is 17.6. The molecule has 0 spiro atoms. The first-order valence-corrected chi connectivity index (χ1v) is 8.31. The summed E-state index contributed by atoms with van der Waals surface area (Å²) in [6.45, 7) is 4.37. The smallest absolute Gasteiger partial charge is 0.416 e. The highest BCUT2D eigenvalue weighted by atomic mass is 19.1. The van der Waals surface area contributed by atoms with Crippen LogP contribution < -0.4 is 4.74 Å². The largest absolute Gasteiger partial charge is 0.496 e. The van der Waals surface area contributed by atoms with Crippen molar-refractivity contribution in [3.63, 3.8) is 0 Å². The van der Waals surface area contributed by atoms with Crippen LogP contribution in [0.2, 0.25) is 0 Å². The van der Waals surface area contributed by atoms with Crippen molar-refractivity contribution in [2.45, 2.75) is 6.54 Å². The lowest BCUT2D eigenvalue weighted by atomic mass is 10.1. The predicted octanol–water partition coefficient (Wildman–Crippen LogP) is 0.931. The van der Waals surface area contributed by atoms with Gasteiger partial charge in [-0.2, -0.15) is 0 Å². The summed E-state index contributed by atoms with van der Waals surface area (Å²) in [6, 6.07) is 4.51. The molecule has 0 unspecified atom stereocenters. The Labute approximate surface area is 145 Å². The van der Waals surface area contributed by atoms with Gasteiger partial charge >= 0.3 is 6.09 Å². The normalized spacial score (nSPS) is 19.1. The van der Waals surface area contributed by atoms with E-state index < -0.39 is 6.09 Å². The van der Waals surface area contributed by atoms with E-state index >= 15 is 0 Å². The number of benzene rings is 1. The number of rotatable bonds is 5. The Morgan fingerprint density at radius 1 is 1.20 bits per heavy atom. The van der Waals surface area contributed by atoms with Crippen molar-refractivity contribution in [1.82, 2.24) is 14.7 Å². The van der Waals surface area contributed by atoms with Crippen molar-refractivity contribution in [2.75, 3.05) is 53.0 Å². The summed E-state index contributed by atoms with van der Waals surface area (Å²) in [5.41, 5.74) is 0.812. The van der Waals surface area contributed by atoms with E-state index in [0.717, 1.165) is 23.6 Å². The van der Waals surface area contributed by atoms with Crippen LogP contribution in [0.1, 0.15) is 5.56 Å². The fourth-order valence-corrected chi connectivity index (χ4v) is 3.11. The van der Waals surface area contributed by atoms with Crippen LogP contribution in [0.3, 0.4) is 0 Å². The lowest BCUT2D eigenvalue weighted by Crippen LogP contribution is -2.49. The SMILES string of the molecule is COc1ccc(F)cc1CN1CCN(CC(=O)N2CCOC2=O)CC1. The van der Waals surface area contributed by atoms with Crippen molar-refractivity contribution in [1.29, 1.82) is 0 Å². The van der Waals surface area contributed by atoms with Gasteiger partial charge in [-0.1, -0.05) is 0 Å². The Morgan fingerprint density at radius 2 is 1.92 bits per heavy atom. The van der Waals surface area contributed by atoms with Gasteiger partial charge in [0, 0.05) is 38.3 Å². The number of piperazine rings is 1. The molecule has 2 aliphatic heterocycles. The third-order valence-corrected chi connectivity index (χ3v) is 4.52. The molecule has 2 aliphatic rings. The monoisotopic (exact) mass is 351 g/mol. The van der Waals surface area contributed by atoms with Crippen LogP contribution in [0.5, 0.6) is 5.75 Å². The molecule has 0 aromatic heterocycles. The summed E-state index contributed by atoms with van der Waals surface area (Å²) in [7, 11) is 1.57. The molecule has 8 heteroatoms. The number of halogens is 1.